The van der Waals surface area contributed by atoms with E-state index in [1.165, 1.54) is 0 Å². The molecule has 1 fully saturated rings. The van der Waals surface area contributed by atoms with Crippen molar-refractivity contribution in [3.05, 3.63) is 55.2 Å². The number of nitrogens with one attached hydrogen (secondary N) is 1. The van der Waals surface area contributed by atoms with Gasteiger partial charge >= 0.3 is 0 Å². The summed E-state index contributed by atoms with van der Waals surface area (Å²) in [4.78, 5) is 21.0. The van der Waals surface area contributed by atoms with E-state index in [4.69, 9.17) is 9.15 Å². The molecule has 1 saturated heterocycles. The average molecular weight is 358 g/mol. The van der Waals surface area contributed by atoms with Crippen molar-refractivity contribution >= 4 is 17.0 Å². The first kappa shape index (κ1) is 19.7. The number of ether oxygens (including phenoxy) is 1. The van der Waals surface area contributed by atoms with Gasteiger partial charge in [-0.05, 0) is 12.1 Å². The summed E-state index contributed by atoms with van der Waals surface area (Å²) in [6.07, 6.45) is 3.38. The van der Waals surface area contributed by atoms with Crippen LogP contribution in [0, 0.1) is 0 Å². The van der Waals surface area contributed by atoms with E-state index < -0.39 is 0 Å². The SMILES string of the molecule is C=C.CN(C)C=CNC(=O)c1cccc2oc(CN3CCOCC3)nc12. The maximum absolute atomic E-state index is 12.3. The van der Waals surface area contributed by atoms with Gasteiger partial charge in [0.2, 0.25) is 5.89 Å². The van der Waals surface area contributed by atoms with Crippen molar-refractivity contribution in [3.8, 4) is 0 Å². The van der Waals surface area contributed by atoms with Gasteiger partial charge in [-0.15, -0.1) is 13.2 Å². The van der Waals surface area contributed by atoms with Gasteiger partial charge in [-0.2, -0.15) is 0 Å². The first-order valence-electron chi connectivity index (χ1n) is 8.46. The van der Waals surface area contributed by atoms with Gasteiger partial charge in [-0.25, -0.2) is 4.98 Å². The second-order valence-corrected chi connectivity index (χ2v) is 5.90. The van der Waals surface area contributed by atoms with Gasteiger partial charge in [-0.1, -0.05) is 6.07 Å². The number of benzene rings is 1. The van der Waals surface area contributed by atoms with Crippen LogP contribution in [-0.4, -0.2) is 61.1 Å². The number of aromatic nitrogens is 1. The number of morpholine rings is 1. The zero-order valence-electron chi connectivity index (χ0n) is 15.4. The number of amides is 1. The smallest absolute Gasteiger partial charge is 0.257 e. The number of oxazole rings is 1. The largest absolute Gasteiger partial charge is 0.439 e. The fourth-order valence-corrected chi connectivity index (χ4v) is 2.54. The fraction of sp³-hybridized carbons (Fsp3) is 0.368. The predicted molar refractivity (Wildman–Crippen MR) is 102 cm³/mol. The zero-order valence-corrected chi connectivity index (χ0v) is 15.4. The Morgan fingerprint density at radius 2 is 2.08 bits per heavy atom. The van der Waals surface area contributed by atoms with Crippen molar-refractivity contribution in [1.29, 1.82) is 0 Å². The second kappa shape index (κ2) is 9.74. The fourth-order valence-electron chi connectivity index (χ4n) is 2.54. The molecule has 0 saturated carbocycles. The van der Waals surface area contributed by atoms with Gasteiger partial charge in [0, 0.05) is 39.6 Å². The normalized spacial score (nSPS) is 14.8. The highest BCUT2D eigenvalue weighted by molar-refractivity contribution is 6.04. The Balaban J connectivity index is 0.00000117. The molecule has 0 radical (unpaired) electrons. The van der Waals surface area contributed by atoms with Crippen LogP contribution in [0.1, 0.15) is 16.2 Å². The molecule has 26 heavy (non-hydrogen) atoms. The van der Waals surface area contributed by atoms with E-state index in [1.807, 2.05) is 25.1 Å². The molecule has 140 valence electrons. The molecule has 3 rings (SSSR count). The molecule has 2 aromatic rings. The monoisotopic (exact) mass is 358 g/mol. The Bertz CT molecular complexity index is 748. The Kier molecular flexibility index (Phi) is 7.37. The van der Waals surface area contributed by atoms with Crippen LogP contribution in [0.25, 0.3) is 11.1 Å². The molecule has 0 aliphatic carbocycles. The lowest BCUT2D eigenvalue weighted by atomic mass is 10.2. The molecule has 7 heteroatoms. The van der Waals surface area contributed by atoms with Gasteiger partial charge in [0.25, 0.3) is 5.91 Å². The summed E-state index contributed by atoms with van der Waals surface area (Å²) in [5, 5.41) is 2.74. The predicted octanol–water partition coefficient (Wildman–Crippen LogP) is 2.22. The molecule has 0 bridgehead atoms. The van der Waals surface area contributed by atoms with Crippen LogP contribution in [0.4, 0.5) is 0 Å². The van der Waals surface area contributed by atoms with Crippen LogP contribution in [0.5, 0.6) is 0 Å². The molecule has 2 heterocycles. The summed E-state index contributed by atoms with van der Waals surface area (Å²) in [6, 6.07) is 5.39. The molecule has 1 aliphatic rings. The van der Waals surface area contributed by atoms with Crippen LogP contribution in [0.15, 0.2) is 48.2 Å². The summed E-state index contributed by atoms with van der Waals surface area (Å²) < 4.78 is 11.2. The number of para-hydroxylation sites is 1. The molecule has 1 aliphatic heterocycles. The van der Waals surface area contributed by atoms with Gasteiger partial charge < -0.3 is 19.4 Å². The summed E-state index contributed by atoms with van der Waals surface area (Å²) in [5.74, 6) is 0.418. The van der Waals surface area contributed by atoms with Crippen molar-refractivity contribution < 1.29 is 13.9 Å². The Morgan fingerprint density at radius 1 is 1.35 bits per heavy atom. The molecular formula is C19H26N4O3. The lowest BCUT2D eigenvalue weighted by Crippen LogP contribution is -2.35. The molecule has 7 nitrogen and oxygen atoms in total. The van der Waals surface area contributed by atoms with Crippen molar-refractivity contribution in [1.82, 2.24) is 20.1 Å². The van der Waals surface area contributed by atoms with Crippen molar-refractivity contribution in [2.24, 2.45) is 0 Å². The van der Waals surface area contributed by atoms with E-state index in [-0.39, 0.29) is 5.91 Å². The highest BCUT2D eigenvalue weighted by Gasteiger charge is 2.17. The van der Waals surface area contributed by atoms with Crippen molar-refractivity contribution in [2.45, 2.75) is 6.54 Å². The molecule has 0 spiro atoms. The molecular weight excluding hydrogens is 332 g/mol. The zero-order chi connectivity index (χ0) is 18.9. The van der Waals surface area contributed by atoms with Gasteiger partial charge in [-0.3, -0.25) is 9.69 Å². The van der Waals surface area contributed by atoms with Crippen LogP contribution in [0.2, 0.25) is 0 Å². The third-order valence-corrected chi connectivity index (χ3v) is 3.76. The lowest BCUT2D eigenvalue weighted by Gasteiger charge is -2.24. The summed E-state index contributed by atoms with van der Waals surface area (Å²) >= 11 is 0. The van der Waals surface area contributed by atoms with E-state index >= 15 is 0 Å². The summed E-state index contributed by atoms with van der Waals surface area (Å²) in [6.45, 7) is 9.81. The minimum Gasteiger partial charge on any atom is -0.439 e. The standard InChI is InChI=1S/C17H22N4O3.C2H4/c1-20(2)7-6-18-17(22)13-4-3-5-14-16(13)19-15(24-14)12-21-8-10-23-11-9-21;1-2/h3-7H,8-12H2,1-2H3,(H,18,22);1-2H2. The topological polar surface area (TPSA) is 70.8 Å². The molecule has 0 atom stereocenters. The molecule has 1 aromatic heterocycles. The first-order chi connectivity index (χ1) is 12.6. The van der Waals surface area contributed by atoms with Crippen LogP contribution >= 0.6 is 0 Å². The third-order valence-electron chi connectivity index (χ3n) is 3.76. The second-order valence-electron chi connectivity index (χ2n) is 5.90. The Hall–Kier alpha value is -2.64. The van der Waals surface area contributed by atoms with Crippen LogP contribution in [-0.2, 0) is 11.3 Å². The summed E-state index contributed by atoms with van der Waals surface area (Å²) in [5.41, 5.74) is 1.73. The van der Waals surface area contributed by atoms with Crippen molar-refractivity contribution in [2.75, 3.05) is 40.4 Å². The number of carbonyl (C=O) groups excluding carboxylic acids is 1. The van der Waals surface area contributed by atoms with Crippen LogP contribution < -0.4 is 5.32 Å². The maximum Gasteiger partial charge on any atom is 0.257 e. The number of hydrogen-bond donors (Lipinski definition) is 1. The van der Waals surface area contributed by atoms with Crippen molar-refractivity contribution in [3.63, 3.8) is 0 Å². The van der Waals surface area contributed by atoms with Gasteiger partial charge in [0.15, 0.2) is 5.58 Å². The number of fused-ring (bicyclic) bond motifs is 1. The lowest BCUT2D eigenvalue weighted by molar-refractivity contribution is 0.0308. The maximum atomic E-state index is 12.3. The third kappa shape index (κ3) is 5.18. The summed E-state index contributed by atoms with van der Waals surface area (Å²) in [7, 11) is 3.78. The average Bonchev–Trinajstić information content (AvgIpc) is 3.06. The number of hydrogen-bond acceptors (Lipinski definition) is 6. The van der Waals surface area contributed by atoms with Crippen LogP contribution in [0.3, 0.4) is 0 Å². The number of carbonyl (C=O) groups is 1. The quantitative estimate of drug-likeness (QED) is 0.827. The number of nitrogens with zero attached hydrogens (tertiary/aromatic N) is 3. The molecule has 0 unspecified atom stereocenters. The first-order valence-corrected chi connectivity index (χ1v) is 8.46. The van der Waals surface area contributed by atoms with E-state index in [9.17, 15) is 4.79 Å². The van der Waals surface area contributed by atoms with E-state index in [0.717, 1.165) is 26.3 Å². The van der Waals surface area contributed by atoms with Gasteiger partial charge in [0.05, 0.1) is 25.3 Å². The van der Waals surface area contributed by atoms with E-state index in [2.05, 4.69) is 28.4 Å². The minimum atomic E-state index is -0.204. The van der Waals surface area contributed by atoms with E-state index in [0.29, 0.717) is 29.1 Å². The molecule has 1 amide bonds. The highest BCUT2D eigenvalue weighted by Crippen LogP contribution is 2.21. The van der Waals surface area contributed by atoms with E-state index in [1.54, 1.807) is 24.5 Å². The highest BCUT2D eigenvalue weighted by atomic mass is 16.5. The molecule has 1 aromatic carbocycles. The number of rotatable bonds is 5. The Labute approximate surface area is 153 Å². The Morgan fingerprint density at radius 3 is 2.77 bits per heavy atom. The molecule has 1 N–H and O–H groups in total. The van der Waals surface area contributed by atoms with Gasteiger partial charge in [0.1, 0.15) is 5.52 Å². The minimum absolute atomic E-state index is 0.204.